The molecule has 3 aliphatic rings. The summed E-state index contributed by atoms with van der Waals surface area (Å²) in [6, 6.07) is 4.82. The summed E-state index contributed by atoms with van der Waals surface area (Å²) in [4.78, 5) is 54.5. The number of nitrogens with zero attached hydrogens (tertiary/aromatic N) is 3. The Kier molecular flexibility index (Phi) is 7.73. The smallest absolute Gasteiger partial charge is 0.328 e. The lowest BCUT2D eigenvalue weighted by Gasteiger charge is -2.41. The normalized spacial score (nSPS) is 24.1. The second-order valence-electron chi connectivity index (χ2n) is 9.01. The number of imide groups is 1. The van der Waals surface area contributed by atoms with Crippen molar-refractivity contribution >= 4 is 41.1 Å². The summed E-state index contributed by atoms with van der Waals surface area (Å²) >= 11 is 6.31. The molecule has 3 fully saturated rings. The molecule has 0 spiro atoms. The molecule has 4 rings (SSSR count). The maximum atomic E-state index is 13.2. The van der Waals surface area contributed by atoms with Crippen LogP contribution in [0, 0.1) is 5.92 Å². The Morgan fingerprint density at radius 2 is 1.76 bits per heavy atom. The van der Waals surface area contributed by atoms with Crippen LogP contribution in [0.4, 0.5) is 10.5 Å². The van der Waals surface area contributed by atoms with E-state index in [1.807, 2.05) is 11.8 Å². The molecule has 4 amide bonds. The summed E-state index contributed by atoms with van der Waals surface area (Å²) in [6.07, 6.45) is 3.83. The molecule has 2 saturated heterocycles. The van der Waals surface area contributed by atoms with E-state index in [0.29, 0.717) is 42.0 Å². The topological polar surface area (TPSA) is 99.3 Å². The average molecular weight is 491 g/mol. The maximum Gasteiger partial charge on any atom is 0.328 e. The van der Waals surface area contributed by atoms with Crippen LogP contribution in [0.1, 0.15) is 49.4 Å². The molecular weight excluding hydrogens is 460 g/mol. The Balaban J connectivity index is 1.33. The van der Waals surface area contributed by atoms with Crippen LogP contribution in [0.5, 0.6) is 0 Å². The van der Waals surface area contributed by atoms with Crippen LogP contribution in [0.25, 0.3) is 0 Å². The fourth-order valence-corrected chi connectivity index (χ4v) is 5.28. The number of hydrogen-bond donors (Lipinski definition) is 1. The number of ether oxygens (including phenoxy) is 1. The van der Waals surface area contributed by atoms with Crippen molar-refractivity contribution in [3.8, 4) is 0 Å². The number of hydrogen-bond acceptors (Lipinski definition) is 6. The van der Waals surface area contributed by atoms with Crippen molar-refractivity contribution < 1.29 is 23.9 Å². The lowest BCUT2D eigenvalue weighted by Crippen LogP contribution is -2.52. The zero-order valence-corrected chi connectivity index (χ0v) is 20.2. The molecule has 1 aromatic rings. The highest BCUT2D eigenvalue weighted by Gasteiger charge is 2.33. The quantitative estimate of drug-likeness (QED) is 0.637. The van der Waals surface area contributed by atoms with Gasteiger partial charge in [-0.3, -0.25) is 29.5 Å². The van der Waals surface area contributed by atoms with Crippen molar-refractivity contribution in [2.24, 2.45) is 5.92 Å². The number of nitrogens with one attached hydrogen (secondary N) is 1. The number of anilines is 1. The molecule has 9 nitrogen and oxygen atoms in total. The first kappa shape index (κ1) is 24.5. The second kappa shape index (κ2) is 10.7. The van der Waals surface area contributed by atoms with Crippen molar-refractivity contribution in [2.75, 3.05) is 44.2 Å². The number of benzene rings is 1. The molecule has 0 aromatic heterocycles. The third-order valence-corrected chi connectivity index (χ3v) is 7.29. The molecule has 2 heterocycles. The first-order chi connectivity index (χ1) is 16.4. The van der Waals surface area contributed by atoms with Gasteiger partial charge in [-0.25, -0.2) is 4.79 Å². The highest BCUT2D eigenvalue weighted by molar-refractivity contribution is 6.34. The standard InChI is InChI=1S/C24H31ClN4O5/c1-2-34-23(32)16-3-6-18(7-4-16)27-11-13-28(14-12-27)22(31)17-5-8-19(25)20(15-17)29-10-9-21(30)26-24(29)33/h5,8,15-16,18H,2-4,6-7,9-14H2,1H3,(H,26,30,33). The van der Waals surface area contributed by atoms with Crippen molar-refractivity contribution in [1.82, 2.24) is 15.1 Å². The molecule has 184 valence electrons. The van der Waals surface area contributed by atoms with Crippen LogP contribution >= 0.6 is 11.6 Å². The number of esters is 1. The van der Waals surface area contributed by atoms with Crippen LogP contribution < -0.4 is 10.2 Å². The van der Waals surface area contributed by atoms with Crippen molar-refractivity contribution in [2.45, 2.75) is 45.1 Å². The van der Waals surface area contributed by atoms with E-state index in [2.05, 4.69) is 10.2 Å². The molecule has 1 aliphatic carbocycles. The predicted octanol–water partition coefficient (Wildman–Crippen LogP) is 2.67. The van der Waals surface area contributed by atoms with Gasteiger partial charge in [-0.1, -0.05) is 11.6 Å². The van der Waals surface area contributed by atoms with Gasteiger partial charge in [-0.2, -0.15) is 0 Å². The van der Waals surface area contributed by atoms with Crippen LogP contribution in [-0.2, 0) is 14.3 Å². The number of urea groups is 1. The molecule has 34 heavy (non-hydrogen) atoms. The van der Waals surface area contributed by atoms with E-state index in [1.165, 1.54) is 4.90 Å². The molecule has 1 saturated carbocycles. The first-order valence-corrected chi connectivity index (χ1v) is 12.4. The number of amides is 4. The Labute approximate surface area is 204 Å². The van der Waals surface area contributed by atoms with Gasteiger partial charge in [0.05, 0.1) is 23.2 Å². The molecule has 1 aromatic carbocycles. The first-order valence-electron chi connectivity index (χ1n) is 12.0. The van der Waals surface area contributed by atoms with E-state index in [4.69, 9.17) is 16.3 Å². The molecule has 1 N–H and O–H groups in total. The molecule has 0 atom stereocenters. The van der Waals surface area contributed by atoms with Gasteiger partial charge >= 0.3 is 12.0 Å². The maximum absolute atomic E-state index is 13.2. The highest BCUT2D eigenvalue weighted by Crippen LogP contribution is 2.31. The fraction of sp³-hybridized carbons (Fsp3) is 0.583. The zero-order chi connectivity index (χ0) is 24.2. The van der Waals surface area contributed by atoms with Gasteiger partial charge in [0.2, 0.25) is 5.91 Å². The number of carbonyl (C=O) groups is 4. The Hall–Kier alpha value is -2.65. The van der Waals surface area contributed by atoms with Crippen LogP contribution in [0.3, 0.4) is 0 Å². The lowest BCUT2D eigenvalue weighted by molar-refractivity contribution is -0.149. The number of carbonyl (C=O) groups excluding carboxylic acids is 4. The van der Waals surface area contributed by atoms with E-state index in [1.54, 1.807) is 18.2 Å². The number of halogens is 1. The number of rotatable bonds is 5. The minimum absolute atomic E-state index is 0.0123. The third kappa shape index (κ3) is 5.36. The summed E-state index contributed by atoms with van der Waals surface area (Å²) < 4.78 is 5.16. The van der Waals surface area contributed by atoms with Crippen molar-refractivity contribution in [3.63, 3.8) is 0 Å². The van der Waals surface area contributed by atoms with E-state index < -0.39 is 6.03 Å². The third-order valence-electron chi connectivity index (χ3n) is 6.97. The Morgan fingerprint density at radius 1 is 1.06 bits per heavy atom. The van der Waals surface area contributed by atoms with Gasteiger partial charge in [-0.05, 0) is 50.8 Å². The Morgan fingerprint density at radius 3 is 2.41 bits per heavy atom. The van der Waals surface area contributed by atoms with Gasteiger partial charge in [0.15, 0.2) is 0 Å². The van der Waals surface area contributed by atoms with E-state index in [0.717, 1.165) is 38.8 Å². The molecule has 0 unspecified atom stereocenters. The minimum Gasteiger partial charge on any atom is -0.466 e. The number of piperazine rings is 1. The monoisotopic (exact) mass is 490 g/mol. The average Bonchev–Trinajstić information content (AvgIpc) is 2.85. The molecule has 0 radical (unpaired) electrons. The second-order valence-corrected chi connectivity index (χ2v) is 9.41. The summed E-state index contributed by atoms with van der Waals surface area (Å²) in [6.45, 7) is 5.30. The van der Waals surface area contributed by atoms with Crippen LogP contribution in [0.15, 0.2) is 18.2 Å². The lowest BCUT2D eigenvalue weighted by atomic mass is 9.85. The molecule has 0 bridgehead atoms. The van der Waals surface area contributed by atoms with Crippen molar-refractivity contribution in [3.05, 3.63) is 28.8 Å². The minimum atomic E-state index is -0.533. The van der Waals surface area contributed by atoms with Gasteiger partial charge < -0.3 is 9.64 Å². The van der Waals surface area contributed by atoms with E-state index >= 15 is 0 Å². The van der Waals surface area contributed by atoms with Gasteiger partial charge in [0, 0.05) is 50.7 Å². The molecule has 2 aliphatic heterocycles. The van der Waals surface area contributed by atoms with Crippen molar-refractivity contribution in [1.29, 1.82) is 0 Å². The van der Waals surface area contributed by atoms with Crippen LogP contribution in [-0.4, -0.2) is 79.0 Å². The van der Waals surface area contributed by atoms with Gasteiger partial charge in [0.25, 0.3) is 5.91 Å². The molecule has 10 heteroatoms. The SMILES string of the molecule is CCOC(=O)C1CCC(N2CCN(C(=O)c3ccc(Cl)c(N4CCC(=O)NC4=O)c3)CC2)CC1. The zero-order valence-electron chi connectivity index (χ0n) is 19.4. The van der Waals surface area contributed by atoms with Gasteiger partial charge in [-0.15, -0.1) is 0 Å². The largest absolute Gasteiger partial charge is 0.466 e. The summed E-state index contributed by atoms with van der Waals surface area (Å²) in [7, 11) is 0. The highest BCUT2D eigenvalue weighted by atomic mass is 35.5. The summed E-state index contributed by atoms with van der Waals surface area (Å²) in [5.41, 5.74) is 0.891. The fourth-order valence-electron chi connectivity index (χ4n) is 5.06. The summed E-state index contributed by atoms with van der Waals surface area (Å²) in [5.74, 6) is -0.487. The predicted molar refractivity (Wildman–Crippen MR) is 127 cm³/mol. The Bertz CT molecular complexity index is 955. The van der Waals surface area contributed by atoms with Crippen LogP contribution in [0.2, 0.25) is 5.02 Å². The van der Waals surface area contributed by atoms with Gasteiger partial charge in [0.1, 0.15) is 0 Å². The molecular formula is C24H31ClN4O5. The summed E-state index contributed by atoms with van der Waals surface area (Å²) in [5, 5.41) is 2.63. The van der Waals surface area contributed by atoms with E-state index in [9.17, 15) is 19.2 Å². The van der Waals surface area contributed by atoms with E-state index in [-0.39, 0.29) is 36.7 Å².